The molecule has 1 aromatic carbocycles. The number of amides is 2. The number of hydrogen-bond donors (Lipinski definition) is 2. The number of pyridine rings is 2. The highest BCUT2D eigenvalue weighted by Crippen LogP contribution is 2.42. The summed E-state index contributed by atoms with van der Waals surface area (Å²) in [6, 6.07) is 9.94. The first-order valence-corrected chi connectivity index (χ1v) is 16.1. The van der Waals surface area contributed by atoms with E-state index in [1.54, 1.807) is 11.5 Å². The van der Waals surface area contributed by atoms with Gasteiger partial charge in [0.2, 0.25) is 5.60 Å². The van der Waals surface area contributed by atoms with E-state index in [0.29, 0.717) is 35.0 Å². The van der Waals surface area contributed by atoms with E-state index in [1.165, 1.54) is 0 Å². The fourth-order valence-electron chi connectivity index (χ4n) is 7.18. The first-order chi connectivity index (χ1) is 20.8. The van der Waals surface area contributed by atoms with Crippen LogP contribution in [0.1, 0.15) is 68.2 Å². The lowest BCUT2D eigenvalue weighted by Crippen LogP contribution is -2.47. The summed E-state index contributed by atoms with van der Waals surface area (Å²) in [7, 11) is 0. The Hall–Kier alpha value is -3.86. The number of nitrogens with one attached hydrogen (secondary N) is 2. The van der Waals surface area contributed by atoms with Crippen LogP contribution in [0.3, 0.4) is 0 Å². The largest absolute Gasteiger partial charge is 0.457 e. The molecule has 0 bridgehead atoms. The maximum absolute atomic E-state index is 13.9. The van der Waals surface area contributed by atoms with E-state index in [4.69, 9.17) is 14.5 Å². The number of esters is 2. The Balaban J connectivity index is 1.14. The zero-order valence-electron chi connectivity index (χ0n) is 24.2. The first kappa shape index (κ1) is 27.9. The molecule has 4 aliphatic heterocycles. The van der Waals surface area contributed by atoms with Crippen molar-refractivity contribution in [3.8, 4) is 11.4 Å². The molecule has 2 N–H and O–H groups in total. The van der Waals surface area contributed by atoms with Gasteiger partial charge in [-0.1, -0.05) is 38.5 Å². The van der Waals surface area contributed by atoms with Crippen LogP contribution < -0.4 is 16.2 Å². The summed E-state index contributed by atoms with van der Waals surface area (Å²) in [5.74, 6) is -0.272. The Bertz CT molecular complexity index is 1740. The number of thioether (sulfide) groups is 1. The summed E-state index contributed by atoms with van der Waals surface area (Å²) in [5, 5.41) is 7.31. The van der Waals surface area contributed by atoms with Crippen molar-refractivity contribution in [2.75, 3.05) is 5.75 Å². The maximum Gasteiger partial charge on any atom is 0.355 e. The van der Waals surface area contributed by atoms with Crippen LogP contribution in [0.5, 0.6) is 0 Å². The number of ether oxygens (including phenoxy) is 2. The predicted molar refractivity (Wildman–Crippen MR) is 162 cm³/mol. The molecule has 0 saturated carbocycles. The molecule has 0 spiro atoms. The second-order valence-corrected chi connectivity index (χ2v) is 13.0. The molecular weight excluding hydrogens is 568 g/mol. The summed E-state index contributed by atoms with van der Waals surface area (Å²) in [6.07, 6.45) is 3.32. The number of fused-ring (bicyclic) bond motifs is 6. The van der Waals surface area contributed by atoms with E-state index in [1.807, 2.05) is 36.0 Å². The van der Waals surface area contributed by atoms with Crippen molar-refractivity contribution in [1.82, 2.24) is 20.2 Å². The van der Waals surface area contributed by atoms with Crippen LogP contribution in [0.15, 0.2) is 35.1 Å². The highest BCUT2D eigenvalue weighted by atomic mass is 32.2. The molecule has 0 unspecified atom stereocenters. The van der Waals surface area contributed by atoms with Gasteiger partial charge < -0.3 is 24.7 Å². The highest BCUT2D eigenvalue weighted by Gasteiger charge is 2.50. The number of aromatic nitrogens is 2. The van der Waals surface area contributed by atoms with E-state index >= 15 is 0 Å². The van der Waals surface area contributed by atoms with Gasteiger partial charge >= 0.3 is 18.0 Å². The molecule has 2 aromatic heterocycles. The molecule has 11 heteroatoms. The molecule has 7 rings (SSSR count). The molecule has 43 heavy (non-hydrogen) atoms. The number of aryl methyl sites for hydroxylation is 1. The Morgan fingerprint density at radius 1 is 1.16 bits per heavy atom. The zero-order chi connectivity index (χ0) is 29.9. The fourth-order valence-corrected chi connectivity index (χ4v) is 8.72. The van der Waals surface area contributed by atoms with Gasteiger partial charge in [0.15, 0.2) is 0 Å². The number of carbonyl (C=O) groups is 3. The van der Waals surface area contributed by atoms with Crippen LogP contribution in [0.2, 0.25) is 0 Å². The smallest absolute Gasteiger partial charge is 0.355 e. The third-order valence-corrected chi connectivity index (χ3v) is 10.9. The minimum absolute atomic E-state index is 0.114. The van der Waals surface area contributed by atoms with E-state index in [-0.39, 0.29) is 43.1 Å². The quantitative estimate of drug-likeness (QED) is 0.177. The third-order valence-electron chi connectivity index (χ3n) is 9.38. The first-order valence-electron chi connectivity index (χ1n) is 15.1. The Morgan fingerprint density at radius 3 is 2.81 bits per heavy atom. The Labute approximate surface area is 252 Å². The molecule has 2 amide bonds. The van der Waals surface area contributed by atoms with Crippen LogP contribution in [0.25, 0.3) is 22.3 Å². The van der Waals surface area contributed by atoms with Gasteiger partial charge in [-0.05, 0) is 43.4 Å². The normalized spacial score (nSPS) is 24.9. The van der Waals surface area contributed by atoms with Gasteiger partial charge in [0.1, 0.15) is 6.61 Å². The molecule has 10 nitrogen and oxygen atoms in total. The van der Waals surface area contributed by atoms with E-state index in [2.05, 4.69) is 23.6 Å². The molecule has 224 valence electrons. The van der Waals surface area contributed by atoms with E-state index in [9.17, 15) is 19.2 Å². The Morgan fingerprint density at radius 2 is 2.00 bits per heavy atom. The highest BCUT2D eigenvalue weighted by molar-refractivity contribution is 8.00. The standard InChI is InChI=1S/C32H34N4O6S/c1-3-17-18-9-5-6-10-22(18)33-27-19(17)14-36-24(27)13-21-20(29(36)38)15-41-30(39)32(21,4-2)42-26(37)12-8-7-11-25-28-23(16-43-25)34-31(40)35-28/h5-6,9-10,13,23,25,28H,3-4,7-8,11-12,14-16H2,1-2H3,(H2,34,35,40)/t23-,25-,28-,32-/m0/s1. The topological polar surface area (TPSA) is 129 Å². The van der Waals surface area contributed by atoms with Crippen LogP contribution in [-0.4, -0.2) is 50.6 Å². The monoisotopic (exact) mass is 602 g/mol. The molecule has 2 fully saturated rings. The van der Waals surface area contributed by atoms with Gasteiger partial charge in [0, 0.05) is 33.9 Å². The lowest BCUT2D eigenvalue weighted by atomic mass is 9.85. The van der Waals surface area contributed by atoms with Crippen LogP contribution in [0, 0.1) is 0 Å². The number of nitrogens with zero attached hydrogens (tertiary/aromatic N) is 2. The summed E-state index contributed by atoms with van der Waals surface area (Å²) >= 11 is 1.84. The number of carbonyl (C=O) groups excluding carboxylic acids is 3. The summed E-state index contributed by atoms with van der Waals surface area (Å²) in [6.45, 7) is 4.10. The maximum atomic E-state index is 13.9. The van der Waals surface area contributed by atoms with Gasteiger partial charge in [0.05, 0.1) is 41.1 Å². The fraction of sp³-hybridized carbons (Fsp3) is 0.469. The molecule has 6 heterocycles. The molecular formula is C32H34N4O6S. The van der Waals surface area contributed by atoms with Crippen molar-refractivity contribution in [1.29, 1.82) is 0 Å². The average Bonchev–Trinajstić information content (AvgIpc) is 3.68. The van der Waals surface area contributed by atoms with E-state index < -0.39 is 17.5 Å². The molecule has 0 radical (unpaired) electrons. The minimum atomic E-state index is -1.69. The molecule has 3 aromatic rings. The second-order valence-electron chi connectivity index (χ2n) is 11.7. The summed E-state index contributed by atoms with van der Waals surface area (Å²) in [4.78, 5) is 57.0. The Kier molecular flexibility index (Phi) is 6.95. The molecule has 2 saturated heterocycles. The number of rotatable bonds is 8. The van der Waals surface area contributed by atoms with Crippen LogP contribution in [-0.2, 0) is 44.2 Å². The number of para-hydroxylation sites is 1. The number of unbranched alkanes of at least 4 members (excludes halogenated alkanes) is 1. The minimum Gasteiger partial charge on any atom is -0.457 e. The van der Waals surface area contributed by atoms with Gasteiger partial charge in [-0.15, -0.1) is 0 Å². The van der Waals surface area contributed by atoms with Crippen molar-refractivity contribution in [2.24, 2.45) is 0 Å². The van der Waals surface area contributed by atoms with Gasteiger partial charge in [0.25, 0.3) is 5.56 Å². The van der Waals surface area contributed by atoms with Gasteiger partial charge in [-0.2, -0.15) is 11.8 Å². The number of benzene rings is 1. The van der Waals surface area contributed by atoms with Gasteiger partial charge in [-0.25, -0.2) is 14.6 Å². The molecule has 0 aliphatic carbocycles. The molecule has 4 atom stereocenters. The number of hydrogen-bond acceptors (Lipinski definition) is 8. The predicted octanol–water partition coefficient (Wildman–Crippen LogP) is 3.92. The SMILES string of the molecule is CCc1c2c(nc3ccccc13)-c1cc3c(c(=O)n1C2)COC(=O)[C@@]3(CC)OC(=O)CCCC[C@@H]1SC[C@@H]2NC(=O)N[C@@H]21. The number of urea groups is 1. The zero-order valence-corrected chi connectivity index (χ0v) is 25.1. The lowest BCUT2D eigenvalue weighted by molar-refractivity contribution is -0.189. The van der Waals surface area contributed by atoms with Crippen LogP contribution >= 0.6 is 11.8 Å². The third kappa shape index (κ3) is 4.42. The van der Waals surface area contributed by atoms with Crippen molar-refractivity contribution in [3.05, 3.63) is 62.9 Å². The summed E-state index contributed by atoms with van der Waals surface area (Å²) < 4.78 is 13.2. The second kappa shape index (κ2) is 10.7. The average molecular weight is 603 g/mol. The van der Waals surface area contributed by atoms with Gasteiger partial charge in [-0.3, -0.25) is 9.59 Å². The van der Waals surface area contributed by atoms with Crippen molar-refractivity contribution >= 4 is 40.6 Å². The van der Waals surface area contributed by atoms with Crippen LogP contribution in [0.4, 0.5) is 4.79 Å². The van der Waals surface area contributed by atoms with Crippen molar-refractivity contribution < 1.29 is 23.9 Å². The van der Waals surface area contributed by atoms with Crippen molar-refractivity contribution in [3.63, 3.8) is 0 Å². The summed E-state index contributed by atoms with van der Waals surface area (Å²) in [5.41, 5.74) is 3.16. The van der Waals surface area contributed by atoms with E-state index in [0.717, 1.165) is 52.7 Å². The lowest BCUT2D eigenvalue weighted by Gasteiger charge is -2.35. The molecule has 4 aliphatic rings. The number of cyclic esters (lactones) is 1. The van der Waals surface area contributed by atoms with Crippen molar-refractivity contribution in [2.45, 2.75) is 88.5 Å².